The fourth-order valence-corrected chi connectivity index (χ4v) is 1.52. The van der Waals surface area contributed by atoms with Gasteiger partial charge in [-0.15, -0.1) is 0 Å². The minimum absolute atomic E-state index is 0.963. The molecule has 0 saturated carbocycles. The van der Waals surface area contributed by atoms with Crippen LogP contribution in [0.1, 0.15) is 11.1 Å². The molecule has 0 aliphatic rings. The van der Waals surface area contributed by atoms with E-state index in [9.17, 15) is 0 Å². The van der Waals surface area contributed by atoms with Crippen LogP contribution in [0.25, 0.3) is 12.2 Å². The second kappa shape index (κ2) is 10.4. The highest BCUT2D eigenvalue weighted by Gasteiger charge is 1.84. The number of hydrogen-bond acceptors (Lipinski definition) is 3. The summed E-state index contributed by atoms with van der Waals surface area (Å²) >= 11 is 0.963. The second-order valence-electron chi connectivity index (χ2n) is 3.56. The molecule has 0 heterocycles. The molecule has 0 aliphatic heterocycles. The first-order valence-corrected chi connectivity index (χ1v) is 6.55. The maximum atomic E-state index is 4.39. The molecule has 2 aromatic rings. The first-order valence-electron chi connectivity index (χ1n) is 5.88. The van der Waals surface area contributed by atoms with Crippen molar-refractivity contribution in [2.45, 2.75) is 0 Å². The summed E-state index contributed by atoms with van der Waals surface area (Å²) in [5.41, 5.74) is 2.47. The van der Waals surface area contributed by atoms with E-state index in [1.165, 1.54) is 11.1 Å². The fourth-order valence-electron chi connectivity index (χ4n) is 1.39. The molecule has 0 saturated heterocycles. The predicted molar refractivity (Wildman–Crippen MR) is 83.4 cm³/mol. The van der Waals surface area contributed by atoms with E-state index in [-0.39, 0.29) is 0 Å². The minimum atomic E-state index is 0.963. The van der Waals surface area contributed by atoms with Gasteiger partial charge in [0.05, 0.1) is 14.2 Å². The molecule has 0 spiro atoms. The fraction of sp³-hybridized carbons (Fsp3) is 0.125. The molecule has 0 unspecified atom stereocenters. The first kappa shape index (κ1) is 15.5. The average molecular weight is 274 g/mol. The lowest BCUT2D eigenvalue weighted by atomic mass is 10.1. The van der Waals surface area contributed by atoms with Crippen LogP contribution < -0.4 is 0 Å². The van der Waals surface area contributed by atoms with Crippen molar-refractivity contribution >= 4 is 24.5 Å². The van der Waals surface area contributed by atoms with Crippen LogP contribution in [0.15, 0.2) is 60.7 Å². The van der Waals surface area contributed by atoms with Crippen LogP contribution in [-0.2, 0) is 8.37 Å². The summed E-state index contributed by atoms with van der Waals surface area (Å²) in [7, 11) is 3.10. The predicted octanol–water partition coefficient (Wildman–Crippen LogP) is 4.70. The van der Waals surface area contributed by atoms with Crippen molar-refractivity contribution in [3.63, 3.8) is 0 Å². The van der Waals surface area contributed by atoms with Crippen molar-refractivity contribution in [1.29, 1.82) is 0 Å². The van der Waals surface area contributed by atoms with Gasteiger partial charge < -0.3 is 0 Å². The largest absolute Gasteiger partial charge is 0.295 e. The van der Waals surface area contributed by atoms with E-state index in [1.54, 1.807) is 14.2 Å². The summed E-state index contributed by atoms with van der Waals surface area (Å²) in [5.74, 6) is 0. The van der Waals surface area contributed by atoms with Gasteiger partial charge in [0, 0.05) is 0 Å². The number of rotatable bonds is 4. The van der Waals surface area contributed by atoms with Gasteiger partial charge in [-0.1, -0.05) is 72.8 Å². The lowest BCUT2D eigenvalue weighted by Gasteiger charge is -1.92. The maximum absolute atomic E-state index is 4.39. The third-order valence-electron chi connectivity index (χ3n) is 2.20. The lowest BCUT2D eigenvalue weighted by Crippen LogP contribution is -1.70. The van der Waals surface area contributed by atoms with Crippen LogP contribution in [0.3, 0.4) is 0 Å². The third-order valence-corrected chi connectivity index (χ3v) is 2.48. The van der Waals surface area contributed by atoms with Gasteiger partial charge >= 0.3 is 0 Å². The lowest BCUT2D eigenvalue weighted by molar-refractivity contribution is 0.386. The van der Waals surface area contributed by atoms with Gasteiger partial charge in [-0.05, 0) is 11.1 Å². The molecule has 0 N–H and O–H groups in total. The Labute approximate surface area is 119 Å². The molecule has 0 aliphatic carbocycles. The zero-order valence-corrected chi connectivity index (χ0v) is 12.0. The van der Waals surface area contributed by atoms with Crippen LogP contribution >= 0.6 is 12.3 Å². The van der Waals surface area contributed by atoms with Crippen molar-refractivity contribution in [2.24, 2.45) is 0 Å². The molecule has 19 heavy (non-hydrogen) atoms. The molecule has 3 heteroatoms. The third kappa shape index (κ3) is 7.47. The average Bonchev–Trinajstić information content (AvgIpc) is 2.49. The zero-order valence-electron chi connectivity index (χ0n) is 11.2. The van der Waals surface area contributed by atoms with Gasteiger partial charge in [0.2, 0.25) is 0 Å². The van der Waals surface area contributed by atoms with Crippen molar-refractivity contribution < 1.29 is 8.37 Å². The van der Waals surface area contributed by atoms with Gasteiger partial charge in [-0.2, -0.15) is 0 Å². The van der Waals surface area contributed by atoms with Crippen molar-refractivity contribution in [1.82, 2.24) is 0 Å². The molecule has 0 atom stereocenters. The molecule has 0 amide bonds. The van der Waals surface area contributed by atoms with Crippen LogP contribution in [0.2, 0.25) is 0 Å². The Bertz CT molecular complexity index is 411. The molecule has 2 rings (SSSR count). The highest BCUT2D eigenvalue weighted by molar-refractivity contribution is 7.89. The second-order valence-corrected chi connectivity index (χ2v) is 4.36. The van der Waals surface area contributed by atoms with Gasteiger partial charge in [-0.3, -0.25) is 8.37 Å². The molecular formula is C16H18O2S. The maximum Gasteiger partial charge on any atom is 0.158 e. The Hall–Kier alpha value is -1.55. The molecule has 0 aromatic heterocycles. The molecular weight excluding hydrogens is 256 g/mol. The van der Waals surface area contributed by atoms with Crippen molar-refractivity contribution in [3.05, 3.63) is 71.8 Å². The molecule has 0 fully saturated rings. The normalized spacial score (nSPS) is 10.0. The van der Waals surface area contributed by atoms with Crippen LogP contribution in [0.5, 0.6) is 0 Å². The van der Waals surface area contributed by atoms with Gasteiger partial charge in [0.25, 0.3) is 0 Å². The Kier molecular flexibility index (Phi) is 8.47. The van der Waals surface area contributed by atoms with E-state index in [2.05, 4.69) is 44.8 Å². The van der Waals surface area contributed by atoms with Crippen molar-refractivity contribution in [3.8, 4) is 0 Å². The van der Waals surface area contributed by atoms with Gasteiger partial charge in [-0.25, -0.2) is 0 Å². The Morgan fingerprint density at radius 3 is 1.32 bits per heavy atom. The Balaban J connectivity index is 0.000000312. The summed E-state index contributed by atoms with van der Waals surface area (Å²) < 4.78 is 8.77. The van der Waals surface area contributed by atoms with E-state index in [0.717, 1.165) is 12.3 Å². The highest BCUT2D eigenvalue weighted by atomic mass is 32.2. The van der Waals surface area contributed by atoms with E-state index in [0.29, 0.717) is 0 Å². The summed E-state index contributed by atoms with van der Waals surface area (Å²) in [6, 6.07) is 20.6. The molecule has 0 radical (unpaired) electrons. The van der Waals surface area contributed by atoms with Crippen molar-refractivity contribution in [2.75, 3.05) is 14.2 Å². The molecule has 2 nitrogen and oxygen atoms in total. The van der Waals surface area contributed by atoms with E-state index in [4.69, 9.17) is 0 Å². The quantitative estimate of drug-likeness (QED) is 0.595. The highest BCUT2D eigenvalue weighted by Crippen LogP contribution is 2.06. The minimum Gasteiger partial charge on any atom is -0.295 e. The summed E-state index contributed by atoms with van der Waals surface area (Å²) in [6.45, 7) is 0. The monoisotopic (exact) mass is 274 g/mol. The first-order chi connectivity index (χ1) is 9.36. The number of benzene rings is 2. The molecule has 100 valence electrons. The Morgan fingerprint density at radius 1 is 0.684 bits per heavy atom. The van der Waals surface area contributed by atoms with E-state index < -0.39 is 0 Å². The Morgan fingerprint density at radius 2 is 1.05 bits per heavy atom. The van der Waals surface area contributed by atoms with Crippen LogP contribution in [0, 0.1) is 0 Å². The topological polar surface area (TPSA) is 18.5 Å². The summed E-state index contributed by atoms with van der Waals surface area (Å²) in [5, 5.41) is 0. The van der Waals surface area contributed by atoms with Gasteiger partial charge in [0.15, 0.2) is 12.3 Å². The number of hydrogen-bond donors (Lipinski definition) is 0. The smallest absolute Gasteiger partial charge is 0.158 e. The van der Waals surface area contributed by atoms with Crippen LogP contribution in [0.4, 0.5) is 0 Å². The SMILES string of the molecule is C(=Cc1ccccc1)c1ccccc1.COSOC. The molecule has 0 bridgehead atoms. The van der Waals surface area contributed by atoms with Crippen LogP contribution in [-0.4, -0.2) is 14.2 Å². The van der Waals surface area contributed by atoms with E-state index >= 15 is 0 Å². The van der Waals surface area contributed by atoms with Gasteiger partial charge in [0.1, 0.15) is 0 Å². The zero-order chi connectivity index (χ0) is 13.8. The summed E-state index contributed by atoms with van der Waals surface area (Å²) in [4.78, 5) is 0. The van der Waals surface area contributed by atoms with E-state index in [1.807, 2.05) is 36.4 Å². The summed E-state index contributed by atoms with van der Waals surface area (Å²) in [6.07, 6.45) is 4.24. The standard InChI is InChI=1S/C14H12.C2H6O2S/c1-3-7-13(8-4-1)11-12-14-9-5-2-6-10-14;1-3-5-4-2/h1-12H;1-2H3. The molecule has 2 aromatic carbocycles.